The third-order valence-electron chi connectivity index (χ3n) is 1.80. The van der Waals surface area contributed by atoms with Crippen LogP contribution in [0.2, 0.25) is 0 Å². The molecule has 0 unspecified atom stereocenters. The molecular formula is C10H7Cl2NO2. The van der Waals surface area contributed by atoms with Crippen molar-refractivity contribution in [2.45, 2.75) is 0 Å². The van der Waals surface area contributed by atoms with Crippen LogP contribution in [0.15, 0.2) is 36.5 Å². The zero-order valence-corrected chi connectivity index (χ0v) is 9.09. The van der Waals surface area contributed by atoms with Crippen molar-refractivity contribution in [2.75, 3.05) is 0 Å². The number of fused-ring (bicyclic) bond motifs is 1. The Morgan fingerprint density at radius 2 is 2.00 bits per heavy atom. The molecule has 0 aliphatic heterocycles. The first kappa shape index (κ1) is 11.8. The van der Waals surface area contributed by atoms with E-state index < -0.39 is 5.43 Å². The van der Waals surface area contributed by atoms with E-state index in [-0.39, 0.29) is 12.4 Å². The van der Waals surface area contributed by atoms with E-state index in [9.17, 15) is 4.79 Å². The predicted molar refractivity (Wildman–Crippen MR) is 60.9 cm³/mol. The van der Waals surface area contributed by atoms with Crippen LogP contribution in [-0.4, -0.2) is 10.4 Å². The summed E-state index contributed by atoms with van der Waals surface area (Å²) in [4.78, 5) is 14.7. The van der Waals surface area contributed by atoms with Crippen LogP contribution in [-0.2, 0) is 0 Å². The number of ether oxygens (including phenoxy) is 1. The first-order valence-corrected chi connectivity index (χ1v) is 4.36. The molecule has 0 bridgehead atoms. The van der Waals surface area contributed by atoms with Gasteiger partial charge in [-0.2, -0.15) is 0 Å². The number of nitrogens with zero attached hydrogens (tertiary/aromatic N) is 1. The van der Waals surface area contributed by atoms with Crippen molar-refractivity contribution in [1.82, 2.24) is 4.98 Å². The molecule has 0 atom stereocenters. The lowest BCUT2D eigenvalue weighted by atomic mass is 10.2. The molecule has 0 amide bonds. The van der Waals surface area contributed by atoms with Crippen LogP contribution in [0.25, 0.3) is 10.9 Å². The fraction of sp³-hybridized carbons (Fsp3) is 0. The molecule has 1 aromatic heterocycles. The van der Waals surface area contributed by atoms with Gasteiger partial charge in [0.25, 0.3) is 0 Å². The quantitative estimate of drug-likeness (QED) is 0.721. The maximum Gasteiger partial charge on any atom is 0.409 e. The number of hydrogen-bond donors (Lipinski definition) is 0. The number of rotatable bonds is 1. The molecule has 0 aliphatic rings. The van der Waals surface area contributed by atoms with Crippen LogP contribution in [0.1, 0.15) is 0 Å². The monoisotopic (exact) mass is 243 g/mol. The maximum absolute atomic E-state index is 10.6. The van der Waals surface area contributed by atoms with E-state index in [0.717, 1.165) is 10.9 Å². The van der Waals surface area contributed by atoms with Crippen molar-refractivity contribution in [3.8, 4) is 5.75 Å². The fourth-order valence-corrected chi connectivity index (χ4v) is 1.33. The highest BCUT2D eigenvalue weighted by atomic mass is 35.5. The molecule has 2 aromatic rings. The van der Waals surface area contributed by atoms with Gasteiger partial charge in [0, 0.05) is 23.2 Å². The first-order valence-electron chi connectivity index (χ1n) is 3.98. The van der Waals surface area contributed by atoms with E-state index in [0.29, 0.717) is 5.75 Å². The molecule has 78 valence electrons. The number of hydrogen-bond acceptors (Lipinski definition) is 3. The third kappa shape index (κ3) is 2.58. The number of carbonyl (C=O) groups excluding carboxylic acids is 1. The number of aromatic nitrogens is 1. The number of carbonyl (C=O) groups is 1. The van der Waals surface area contributed by atoms with Crippen molar-refractivity contribution < 1.29 is 9.53 Å². The number of pyridine rings is 1. The minimum atomic E-state index is -0.846. The summed E-state index contributed by atoms with van der Waals surface area (Å²) in [5, 5.41) is 0.768. The highest BCUT2D eigenvalue weighted by molar-refractivity contribution is 6.61. The molecule has 0 spiro atoms. The highest BCUT2D eigenvalue weighted by Crippen LogP contribution is 2.23. The van der Waals surface area contributed by atoms with Gasteiger partial charge in [-0.05, 0) is 18.2 Å². The van der Waals surface area contributed by atoms with Crippen LogP contribution in [0.3, 0.4) is 0 Å². The molecule has 2 rings (SSSR count). The van der Waals surface area contributed by atoms with Gasteiger partial charge in [0.2, 0.25) is 0 Å². The van der Waals surface area contributed by atoms with Gasteiger partial charge < -0.3 is 4.74 Å². The van der Waals surface area contributed by atoms with Gasteiger partial charge in [-0.3, -0.25) is 4.98 Å². The fourth-order valence-electron chi connectivity index (χ4n) is 1.25. The summed E-state index contributed by atoms with van der Waals surface area (Å²) in [6.07, 6.45) is 1.57. The largest absolute Gasteiger partial charge is 0.414 e. The Balaban J connectivity index is 0.00000112. The lowest BCUT2D eigenvalue weighted by Crippen LogP contribution is -1.96. The van der Waals surface area contributed by atoms with Crippen molar-refractivity contribution in [3.63, 3.8) is 0 Å². The summed E-state index contributed by atoms with van der Waals surface area (Å²) in [6, 6.07) is 8.96. The van der Waals surface area contributed by atoms with Gasteiger partial charge in [0.05, 0.1) is 5.52 Å². The Morgan fingerprint density at radius 3 is 2.73 bits per heavy atom. The first-order chi connectivity index (χ1) is 6.77. The molecule has 0 radical (unpaired) electrons. The molecular weight excluding hydrogens is 237 g/mol. The minimum Gasteiger partial charge on any atom is -0.414 e. The molecule has 1 aromatic carbocycles. The van der Waals surface area contributed by atoms with Gasteiger partial charge in [-0.25, -0.2) is 4.79 Å². The zero-order valence-electron chi connectivity index (χ0n) is 7.51. The van der Waals surface area contributed by atoms with Crippen molar-refractivity contribution in [3.05, 3.63) is 36.5 Å². The molecule has 0 fully saturated rings. The smallest absolute Gasteiger partial charge is 0.409 e. The van der Waals surface area contributed by atoms with Crippen LogP contribution in [0, 0.1) is 0 Å². The minimum absolute atomic E-state index is 0. The lowest BCUT2D eigenvalue weighted by molar-refractivity contribution is 0.226. The second-order valence-corrected chi connectivity index (χ2v) is 2.97. The Hall–Kier alpha value is -1.32. The standard InChI is InChI=1S/C10H6ClNO2.ClH/c11-10(13)14-9-5-6-12-8-4-2-1-3-7(8)9;/h1-6H;1H. The molecule has 5 heteroatoms. The van der Waals surface area contributed by atoms with Gasteiger partial charge in [-0.1, -0.05) is 12.1 Å². The Kier molecular flexibility index (Phi) is 3.88. The summed E-state index contributed by atoms with van der Waals surface area (Å²) in [5.74, 6) is 0.426. The molecule has 0 aliphatic carbocycles. The van der Waals surface area contributed by atoms with Gasteiger partial charge >= 0.3 is 5.43 Å². The summed E-state index contributed by atoms with van der Waals surface area (Å²) in [5.41, 5.74) is -0.0794. The SMILES string of the molecule is Cl.O=C(Cl)Oc1ccnc2ccccc12. The number of benzene rings is 1. The van der Waals surface area contributed by atoms with E-state index >= 15 is 0 Å². The van der Waals surface area contributed by atoms with E-state index in [1.165, 1.54) is 0 Å². The average molecular weight is 244 g/mol. The summed E-state index contributed by atoms with van der Waals surface area (Å²) in [6.45, 7) is 0. The summed E-state index contributed by atoms with van der Waals surface area (Å²) < 4.78 is 4.81. The number of para-hydroxylation sites is 1. The Labute approximate surface area is 97.4 Å². The van der Waals surface area contributed by atoms with Crippen LogP contribution >= 0.6 is 24.0 Å². The van der Waals surface area contributed by atoms with Crippen LogP contribution in [0.4, 0.5) is 4.79 Å². The zero-order chi connectivity index (χ0) is 9.97. The second-order valence-electron chi connectivity index (χ2n) is 2.67. The maximum atomic E-state index is 10.6. The molecule has 1 heterocycles. The van der Waals surface area contributed by atoms with E-state index in [4.69, 9.17) is 16.3 Å². The topological polar surface area (TPSA) is 39.2 Å². The third-order valence-corrected chi connectivity index (χ3v) is 1.88. The number of halogens is 2. The molecule has 0 N–H and O–H groups in total. The van der Waals surface area contributed by atoms with Crippen molar-refractivity contribution in [1.29, 1.82) is 0 Å². The second kappa shape index (κ2) is 4.96. The Morgan fingerprint density at radius 1 is 1.27 bits per heavy atom. The molecule has 0 saturated carbocycles. The van der Waals surface area contributed by atoms with Crippen molar-refractivity contribution >= 4 is 40.3 Å². The average Bonchev–Trinajstić information content (AvgIpc) is 2.18. The van der Waals surface area contributed by atoms with Gasteiger partial charge in [0.15, 0.2) is 0 Å². The predicted octanol–water partition coefficient (Wildman–Crippen LogP) is 3.39. The van der Waals surface area contributed by atoms with E-state index in [2.05, 4.69) is 4.98 Å². The highest BCUT2D eigenvalue weighted by Gasteiger charge is 2.04. The van der Waals surface area contributed by atoms with Gasteiger partial charge in [-0.15, -0.1) is 12.4 Å². The molecule has 3 nitrogen and oxygen atoms in total. The van der Waals surface area contributed by atoms with Crippen molar-refractivity contribution in [2.24, 2.45) is 0 Å². The molecule has 0 saturated heterocycles. The molecule has 15 heavy (non-hydrogen) atoms. The summed E-state index contributed by atoms with van der Waals surface area (Å²) >= 11 is 5.13. The normalized spacial score (nSPS) is 9.40. The summed E-state index contributed by atoms with van der Waals surface area (Å²) in [7, 11) is 0. The lowest BCUT2D eigenvalue weighted by Gasteiger charge is -2.03. The van der Waals surface area contributed by atoms with E-state index in [1.807, 2.05) is 24.3 Å². The van der Waals surface area contributed by atoms with E-state index in [1.54, 1.807) is 12.3 Å². The van der Waals surface area contributed by atoms with Crippen LogP contribution < -0.4 is 4.74 Å². The van der Waals surface area contributed by atoms with Crippen LogP contribution in [0.5, 0.6) is 5.75 Å². The Bertz CT molecular complexity index is 482. The van der Waals surface area contributed by atoms with Gasteiger partial charge in [0.1, 0.15) is 5.75 Å².